The van der Waals surface area contributed by atoms with E-state index in [-0.39, 0.29) is 17.7 Å². The number of likely N-dealkylation sites (tertiary alicyclic amines) is 1. The van der Waals surface area contributed by atoms with Gasteiger partial charge < -0.3 is 19.9 Å². The summed E-state index contributed by atoms with van der Waals surface area (Å²) in [6.07, 6.45) is 13.8. The first-order valence-electron chi connectivity index (χ1n) is 13.0. The average Bonchev–Trinajstić information content (AvgIpc) is 2.82. The molecule has 2 aliphatic rings. The van der Waals surface area contributed by atoms with Crippen LogP contribution in [0.25, 0.3) is 10.9 Å². The number of nitrogens with zero attached hydrogens (tertiary/aromatic N) is 4. The summed E-state index contributed by atoms with van der Waals surface area (Å²) in [5, 5.41) is 12.8. The number of aliphatic hydroxyl groups is 1. The topological polar surface area (TPSA) is 83.3 Å². The number of hydrogen-bond acceptors (Lipinski definition) is 6. The van der Waals surface area contributed by atoms with Gasteiger partial charge in [0.15, 0.2) is 0 Å². The van der Waals surface area contributed by atoms with E-state index < -0.39 is 0 Å². The lowest BCUT2D eigenvalue weighted by molar-refractivity contribution is 0.130. The molecule has 1 saturated heterocycles. The summed E-state index contributed by atoms with van der Waals surface area (Å²) in [7, 11) is 2.11. The van der Waals surface area contributed by atoms with Crippen molar-refractivity contribution < 1.29 is 5.11 Å². The van der Waals surface area contributed by atoms with Crippen LogP contribution in [0, 0.1) is 0 Å². The highest BCUT2D eigenvalue weighted by molar-refractivity contribution is 5.77. The fourth-order valence-corrected chi connectivity index (χ4v) is 4.57. The minimum Gasteiger partial charge on any atom is -0.393 e. The molecule has 0 amide bonds. The Morgan fingerprint density at radius 3 is 2.52 bits per heavy atom. The van der Waals surface area contributed by atoms with Gasteiger partial charge in [-0.1, -0.05) is 46.5 Å². The Bertz CT molecular complexity index is 879. The molecule has 2 N–H and O–H groups in total. The van der Waals surface area contributed by atoms with Crippen molar-refractivity contribution in [1.29, 1.82) is 0 Å². The first kappa shape index (κ1) is 27.3. The molecule has 1 aliphatic heterocycles. The van der Waals surface area contributed by atoms with E-state index in [4.69, 9.17) is 5.11 Å². The molecule has 186 valence electrons. The Balaban J connectivity index is 0.000000362. The van der Waals surface area contributed by atoms with E-state index >= 15 is 0 Å². The standard InChI is InChI=1S/C18H27N5O.C6H12O.C2H6/c1-4-6-13(2)20-18-19-11-15-16(21-18)8-10-23(17(15)24)14-7-5-9-22(3)12-14;7-6-4-2-1-3-5-6;1-2/h8,10-11,13-14H,4-7,9,12H2,1-3H3,(H,19,20,21);6-7H,1-5H2;1-2H3. The van der Waals surface area contributed by atoms with Gasteiger partial charge in [-0.25, -0.2) is 9.97 Å². The predicted molar refractivity (Wildman–Crippen MR) is 138 cm³/mol. The molecule has 4 rings (SSSR count). The maximum Gasteiger partial charge on any atom is 0.261 e. The Kier molecular flexibility index (Phi) is 11.8. The minimum atomic E-state index is 0.0148. The number of aliphatic hydroxyl groups excluding tert-OH is 1. The van der Waals surface area contributed by atoms with Gasteiger partial charge >= 0.3 is 0 Å². The van der Waals surface area contributed by atoms with Crippen molar-refractivity contribution in [3.05, 3.63) is 28.8 Å². The van der Waals surface area contributed by atoms with Gasteiger partial charge in [0.2, 0.25) is 5.95 Å². The lowest BCUT2D eigenvalue weighted by atomic mass is 9.98. The maximum absolute atomic E-state index is 12.8. The van der Waals surface area contributed by atoms with Gasteiger partial charge in [-0.15, -0.1) is 0 Å². The highest BCUT2D eigenvalue weighted by Crippen LogP contribution is 2.20. The third-order valence-electron chi connectivity index (χ3n) is 6.34. The van der Waals surface area contributed by atoms with Crippen LogP contribution in [0.1, 0.15) is 91.5 Å². The SMILES string of the molecule is CC.CCCC(C)Nc1ncc2c(=O)n(C3CCCN(C)C3)ccc2n1.OC1CCCCC1. The summed E-state index contributed by atoms with van der Waals surface area (Å²) in [5.41, 5.74) is 0.725. The molecule has 2 fully saturated rings. The zero-order valence-corrected chi connectivity index (χ0v) is 21.4. The number of rotatable bonds is 5. The van der Waals surface area contributed by atoms with Crippen LogP contribution in [0.5, 0.6) is 0 Å². The largest absolute Gasteiger partial charge is 0.393 e. The Labute approximate surface area is 199 Å². The molecule has 0 bridgehead atoms. The van der Waals surface area contributed by atoms with Gasteiger partial charge in [0.1, 0.15) is 0 Å². The number of piperidine rings is 1. The van der Waals surface area contributed by atoms with Crippen molar-refractivity contribution in [2.24, 2.45) is 0 Å². The van der Waals surface area contributed by atoms with Crippen LogP contribution in [-0.2, 0) is 0 Å². The molecule has 0 radical (unpaired) electrons. The normalized spacial score (nSPS) is 20.2. The molecule has 2 unspecified atom stereocenters. The van der Waals surface area contributed by atoms with Crippen LogP contribution in [0.3, 0.4) is 0 Å². The molecular weight excluding hydrogens is 414 g/mol. The zero-order valence-electron chi connectivity index (χ0n) is 21.4. The number of hydrogen-bond donors (Lipinski definition) is 2. The molecular formula is C26H45N5O2. The molecule has 1 aliphatic carbocycles. The number of fused-ring (bicyclic) bond motifs is 1. The van der Waals surface area contributed by atoms with E-state index in [0.717, 1.165) is 51.6 Å². The van der Waals surface area contributed by atoms with E-state index in [0.29, 0.717) is 22.9 Å². The zero-order chi connectivity index (χ0) is 24.2. The van der Waals surface area contributed by atoms with E-state index in [9.17, 15) is 4.79 Å². The summed E-state index contributed by atoms with van der Waals surface area (Å²) in [5.74, 6) is 0.595. The Morgan fingerprint density at radius 1 is 1.18 bits per heavy atom. The molecule has 0 spiro atoms. The number of aromatic nitrogens is 3. The second-order valence-corrected chi connectivity index (χ2v) is 9.20. The summed E-state index contributed by atoms with van der Waals surface area (Å²) < 4.78 is 1.86. The summed E-state index contributed by atoms with van der Waals surface area (Å²) >= 11 is 0. The van der Waals surface area contributed by atoms with Crippen molar-refractivity contribution in [2.75, 3.05) is 25.5 Å². The monoisotopic (exact) mass is 459 g/mol. The highest BCUT2D eigenvalue weighted by Gasteiger charge is 2.20. The second-order valence-electron chi connectivity index (χ2n) is 9.20. The minimum absolute atomic E-state index is 0.0148. The number of anilines is 1. The van der Waals surface area contributed by atoms with Gasteiger partial charge in [0.25, 0.3) is 5.56 Å². The molecule has 3 heterocycles. The lowest BCUT2D eigenvalue weighted by Crippen LogP contribution is -2.37. The van der Waals surface area contributed by atoms with Crippen molar-refractivity contribution in [2.45, 2.75) is 104 Å². The molecule has 7 heteroatoms. The van der Waals surface area contributed by atoms with E-state index in [1.807, 2.05) is 30.7 Å². The van der Waals surface area contributed by atoms with E-state index in [1.54, 1.807) is 6.20 Å². The summed E-state index contributed by atoms with van der Waals surface area (Å²) in [6.45, 7) is 10.3. The quantitative estimate of drug-likeness (QED) is 0.655. The second kappa shape index (κ2) is 14.3. The van der Waals surface area contributed by atoms with Gasteiger partial charge in [0.05, 0.1) is 17.0 Å². The van der Waals surface area contributed by atoms with Gasteiger partial charge in [0, 0.05) is 31.0 Å². The van der Waals surface area contributed by atoms with Crippen LogP contribution < -0.4 is 10.9 Å². The van der Waals surface area contributed by atoms with Gasteiger partial charge in [-0.05, 0) is 58.7 Å². The lowest BCUT2D eigenvalue weighted by Gasteiger charge is -2.31. The van der Waals surface area contributed by atoms with Crippen LogP contribution in [0.2, 0.25) is 0 Å². The number of pyridine rings is 1. The number of nitrogens with one attached hydrogen (secondary N) is 1. The molecule has 2 atom stereocenters. The summed E-state index contributed by atoms with van der Waals surface area (Å²) in [4.78, 5) is 24.0. The Morgan fingerprint density at radius 2 is 1.91 bits per heavy atom. The molecule has 7 nitrogen and oxygen atoms in total. The fraction of sp³-hybridized carbons (Fsp3) is 0.731. The third kappa shape index (κ3) is 8.38. The van der Waals surface area contributed by atoms with Crippen molar-refractivity contribution in [3.63, 3.8) is 0 Å². The first-order valence-corrected chi connectivity index (χ1v) is 13.0. The van der Waals surface area contributed by atoms with Gasteiger partial charge in [-0.2, -0.15) is 0 Å². The molecule has 2 aromatic rings. The molecule has 0 aromatic carbocycles. The third-order valence-corrected chi connectivity index (χ3v) is 6.34. The molecule has 2 aromatic heterocycles. The molecule has 33 heavy (non-hydrogen) atoms. The van der Waals surface area contributed by atoms with Crippen molar-refractivity contribution >= 4 is 16.9 Å². The van der Waals surface area contributed by atoms with E-state index in [2.05, 4.69) is 41.1 Å². The molecule has 1 saturated carbocycles. The van der Waals surface area contributed by atoms with Crippen molar-refractivity contribution in [3.8, 4) is 0 Å². The van der Waals surface area contributed by atoms with Gasteiger partial charge in [-0.3, -0.25) is 4.79 Å². The van der Waals surface area contributed by atoms with Crippen molar-refractivity contribution in [1.82, 2.24) is 19.4 Å². The first-order chi connectivity index (χ1) is 16.0. The smallest absolute Gasteiger partial charge is 0.261 e. The Hall–Kier alpha value is -1.99. The number of likely N-dealkylation sites (N-methyl/N-ethyl adjacent to an activating group) is 1. The van der Waals surface area contributed by atoms with Crippen LogP contribution in [0.15, 0.2) is 23.3 Å². The van der Waals surface area contributed by atoms with E-state index in [1.165, 1.54) is 19.3 Å². The fourth-order valence-electron chi connectivity index (χ4n) is 4.57. The van der Waals surface area contributed by atoms with Crippen LogP contribution in [-0.4, -0.2) is 56.8 Å². The maximum atomic E-state index is 12.8. The summed E-state index contributed by atoms with van der Waals surface area (Å²) in [6, 6.07) is 2.50. The highest BCUT2D eigenvalue weighted by atomic mass is 16.3. The predicted octanol–water partition coefficient (Wildman–Crippen LogP) is 5.00. The average molecular weight is 460 g/mol. The van der Waals surface area contributed by atoms with Crippen LogP contribution in [0.4, 0.5) is 5.95 Å². The van der Waals surface area contributed by atoms with Crippen LogP contribution >= 0.6 is 0 Å².